The SMILES string of the molecule is CCN1CCN(CN2CCN(CN3C(=O)C(=O)c4ccccc43)CC2)CC1. The maximum atomic E-state index is 12.3. The molecule has 2 saturated heterocycles. The summed E-state index contributed by atoms with van der Waals surface area (Å²) in [5.41, 5.74) is 1.29. The number of anilines is 1. The van der Waals surface area contributed by atoms with E-state index < -0.39 is 5.91 Å². The van der Waals surface area contributed by atoms with E-state index >= 15 is 0 Å². The number of amides is 1. The van der Waals surface area contributed by atoms with Crippen LogP contribution in [0.5, 0.6) is 0 Å². The molecule has 0 aliphatic carbocycles. The topological polar surface area (TPSA) is 50.3 Å². The summed E-state index contributed by atoms with van der Waals surface area (Å²) in [5.74, 6) is -0.775. The molecule has 1 aromatic carbocycles. The van der Waals surface area contributed by atoms with Crippen LogP contribution in [-0.2, 0) is 4.79 Å². The van der Waals surface area contributed by atoms with E-state index in [1.807, 2.05) is 18.2 Å². The highest BCUT2D eigenvalue weighted by atomic mass is 16.2. The van der Waals surface area contributed by atoms with Crippen molar-refractivity contribution < 1.29 is 9.59 Å². The van der Waals surface area contributed by atoms with Crippen molar-refractivity contribution in [3.8, 4) is 0 Å². The Bertz CT molecular complexity index is 693. The molecule has 0 aromatic heterocycles. The molecule has 1 amide bonds. The average molecular weight is 371 g/mol. The summed E-state index contributed by atoms with van der Waals surface area (Å²) in [6, 6.07) is 7.30. The standard InChI is InChI=1S/C20H29N5O2/c1-2-21-7-9-22(10-8-21)15-23-11-13-24(14-12-23)16-25-18-6-4-3-5-17(18)19(26)20(25)27/h3-6H,2,7-16H2,1H3. The first kappa shape index (κ1) is 18.6. The van der Waals surface area contributed by atoms with E-state index in [0.29, 0.717) is 12.2 Å². The first-order valence-corrected chi connectivity index (χ1v) is 10.0. The quantitative estimate of drug-likeness (QED) is 0.698. The van der Waals surface area contributed by atoms with Gasteiger partial charge in [-0.05, 0) is 18.7 Å². The molecule has 2 fully saturated rings. The van der Waals surface area contributed by atoms with Gasteiger partial charge in [-0.2, -0.15) is 0 Å². The zero-order valence-electron chi connectivity index (χ0n) is 16.1. The molecule has 3 aliphatic heterocycles. The molecule has 7 heteroatoms. The third-order valence-corrected chi connectivity index (χ3v) is 6.00. The van der Waals surface area contributed by atoms with Gasteiger partial charge >= 0.3 is 5.91 Å². The van der Waals surface area contributed by atoms with Crippen LogP contribution in [0.4, 0.5) is 5.69 Å². The Balaban J connectivity index is 1.27. The number of ketones is 1. The maximum absolute atomic E-state index is 12.3. The van der Waals surface area contributed by atoms with E-state index in [4.69, 9.17) is 0 Å². The number of para-hydroxylation sites is 1. The monoisotopic (exact) mass is 371 g/mol. The van der Waals surface area contributed by atoms with E-state index in [0.717, 1.165) is 58.2 Å². The molecular formula is C20H29N5O2. The maximum Gasteiger partial charge on any atom is 0.300 e. The van der Waals surface area contributed by atoms with Gasteiger partial charge < -0.3 is 4.90 Å². The van der Waals surface area contributed by atoms with Crippen molar-refractivity contribution in [2.24, 2.45) is 0 Å². The Morgan fingerprint density at radius 3 is 1.85 bits per heavy atom. The number of carbonyl (C=O) groups excluding carboxylic acids is 2. The van der Waals surface area contributed by atoms with Crippen molar-refractivity contribution in [3.05, 3.63) is 29.8 Å². The summed E-state index contributed by atoms with van der Waals surface area (Å²) >= 11 is 0. The Labute approximate surface area is 161 Å². The van der Waals surface area contributed by atoms with Gasteiger partial charge in [0.05, 0.1) is 24.6 Å². The summed E-state index contributed by atoms with van der Waals surface area (Å²) in [5, 5.41) is 0. The van der Waals surface area contributed by atoms with E-state index in [1.165, 1.54) is 13.1 Å². The van der Waals surface area contributed by atoms with Gasteiger partial charge in [0.15, 0.2) is 0 Å². The lowest BCUT2D eigenvalue weighted by atomic mass is 10.1. The van der Waals surface area contributed by atoms with Crippen LogP contribution in [0, 0.1) is 0 Å². The number of hydrogen-bond acceptors (Lipinski definition) is 6. The molecule has 3 aliphatic rings. The summed E-state index contributed by atoms with van der Waals surface area (Å²) in [4.78, 5) is 35.9. The van der Waals surface area contributed by atoms with Gasteiger partial charge in [-0.1, -0.05) is 19.1 Å². The highest BCUT2D eigenvalue weighted by Crippen LogP contribution is 2.28. The van der Waals surface area contributed by atoms with Crippen molar-refractivity contribution in [2.75, 3.05) is 77.1 Å². The van der Waals surface area contributed by atoms with Crippen LogP contribution in [0.1, 0.15) is 17.3 Å². The average Bonchev–Trinajstić information content (AvgIpc) is 2.95. The first-order valence-electron chi connectivity index (χ1n) is 10.0. The molecule has 0 atom stereocenters. The number of carbonyl (C=O) groups is 2. The van der Waals surface area contributed by atoms with Gasteiger partial charge in [0.25, 0.3) is 5.78 Å². The Morgan fingerprint density at radius 1 is 0.741 bits per heavy atom. The molecule has 0 radical (unpaired) electrons. The Hall–Kier alpha value is -1.80. The van der Waals surface area contributed by atoms with E-state index in [2.05, 4.69) is 26.5 Å². The molecule has 146 valence electrons. The molecule has 27 heavy (non-hydrogen) atoms. The van der Waals surface area contributed by atoms with Gasteiger partial charge in [-0.25, -0.2) is 0 Å². The third kappa shape index (κ3) is 3.91. The molecular weight excluding hydrogens is 342 g/mol. The molecule has 3 heterocycles. The predicted molar refractivity (Wildman–Crippen MR) is 105 cm³/mol. The highest BCUT2D eigenvalue weighted by molar-refractivity contribution is 6.52. The van der Waals surface area contributed by atoms with Gasteiger partial charge in [0, 0.05) is 52.4 Å². The van der Waals surface area contributed by atoms with E-state index in [9.17, 15) is 9.59 Å². The normalized spacial score (nSPS) is 23.2. The number of likely N-dealkylation sites (N-methyl/N-ethyl adjacent to an activating group) is 1. The van der Waals surface area contributed by atoms with E-state index in [-0.39, 0.29) is 5.78 Å². The number of Topliss-reactive ketones (excluding diaryl/α,β-unsaturated/α-hetero) is 1. The van der Waals surface area contributed by atoms with Gasteiger partial charge in [-0.15, -0.1) is 0 Å². The first-order chi connectivity index (χ1) is 13.2. The second-order valence-corrected chi connectivity index (χ2v) is 7.65. The molecule has 0 unspecified atom stereocenters. The minimum Gasteiger partial charge on any atom is -0.301 e. The van der Waals surface area contributed by atoms with Crippen LogP contribution < -0.4 is 4.90 Å². The number of benzene rings is 1. The van der Waals surface area contributed by atoms with Crippen molar-refractivity contribution in [1.82, 2.24) is 19.6 Å². The summed E-state index contributed by atoms with van der Waals surface area (Å²) in [7, 11) is 0. The number of hydrogen-bond donors (Lipinski definition) is 0. The van der Waals surface area contributed by atoms with Crippen molar-refractivity contribution >= 4 is 17.4 Å². The fraction of sp³-hybridized carbons (Fsp3) is 0.600. The van der Waals surface area contributed by atoms with E-state index in [1.54, 1.807) is 11.0 Å². The second-order valence-electron chi connectivity index (χ2n) is 7.65. The lowest BCUT2D eigenvalue weighted by molar-refractivity contribution is -0.114. The second kappa shape index (κ2) is 8.06. The molecule has 0 saturated carbocycles. The minimum absolute atomic E-state index is 0.379. The van der Waals surface area contributed by atoms with Crippen LogP contribution in [0.2, 0.25) is 0 Å². The lowest BCUT2D eigenvalue weighted by Crippen LogP contribution is -2.55. The molecule has 0 spiro atoms. The number of piperazine rings is 2. The Morgan fingerprint density at radius 2 is 1.26 bits per heavy atom. The fourth-order valence-electron chi connectivity index (χ4n) is 4.19. The third-order valence-electron chi connectivity index (χ3n) is 6.00. The highest BCUT2D eigenvalue weighted by Gasteiger charge is 2.36. The van der Waals surface area contributed by atoms with Crippen molar-refractivity contribution in [2.45, 2.75) is 6.92 Å². The van der Waals surface area contributed by atoms with Gasteiger partial charge in [0.2, 0.25) is 0 Å². The van der Waals surface area contributed by atoms with Gasteiger partial charge in [-0.3, -0.25) is 29.2 Å². The summed E-state index contributed by atoms with van der Waals surface area (Å²) in [6.45, 7) is 13.4. The number of fused-ring (bicyclic) bond motifs is 1. The van der Waals surface area contributed by atoms with Gasteiger partial charge in [0.1, 0.15) is 0 Å². The molecule has 7 nitrogen and oxygen atoms in total. The summed E-state index contributed by atoms with van der Waals surface area (Å²) in [6.07, 6.45) is 0. The van der Waals surface area contributed by atoms with Crippen LogP contribution in [0.15, 0.2) is 24.3 Å². The lowest BCUT2D eigenvalue weighted by Gasteiger charge is -2.41. The molecule has 0 N–H and O–H groups in total. The smallest absolute Gasteiger partial charge is 0.300 e. The van der Waals surface area contributed by atoms with Crippen LogP contribution in [0.25, 0.3) is 0 Å². The molecule has 4 rings (SSSR count). The van der Waals surface area contributed by atoms with Crippen LogP contribution in [-0.4, -0.2) is 104 Å². The number of nitrogens with zero attached hydrogens (tertiary/aromatic N) is 5. The zero-order valence-corrected chi connectivity index (χ0v) is 16.1. The summed E-state index contributed by atoms with van der Waals surface area (Å²) < 4.78 is 0. The molecule has 0 bridgehead atoms. The van der Waals surface area contributed by atoms with Crippen LogP contribution >= 0.6 is 0 Å². The van der Waals surface area contributed by atoms with Crippen LogP contribution in [0.3, 0.4) is 0 Å². The van der Waals surface area contributed by atoms with Crippen molar-refractivity contribution in [1.29, 1.82) is 0 Å². The van der Waals surface area contributed by atoms with Crippen molar-refractivity contribution in [3.63, 3.8) is 0 Å². The number of rotatable bonds is 5. The minimum atomic E-state index is -0.396. The zero-order chi connectivity index (χ0) is 18.8. The largest absolute Gasteiger partial charge is 0.301 e. The molecule has 1 aromatic rings. The Kier molecular flexibility index (Phi) is 5.54. The fourth-order valence-corrected chi connectivity index (χ4v) is 4.19. The predicted octanol–water partition coefficient (Wildman–Crippen LogP) is 0.386.